The Morgan fingerprint density at radius 3 is 2.58 bits per heavy atom. The molecule has 2 fully saturated rings. The molecule has 0 radical (unpaired) electrons. The number of benzene rings is 2. The second-order valence-corrected chi connectivity index (χ2v) is 8.20. The SMILES string of the molecule is Cc1cccc2c1N[C@@]1(c3ccccc3)CCC[C@H]3CCCC[C@@]231. The average molecular weight is 317 g/mol. The molecule has 1 N–H and O–H groups in total. The summed E-state index contributed by atoms with van der Waals surface area (Å²) in [5.74, 6) is 0.829. The molecule has 2 aliphatic carbocycles. The molecule has 0 amide bonds. The zero-order chi connectivity index (χ0) is 16.2. The van der Waals surface area contributed by atoms with Crippen molar-refractivity contribution in [2.24, 2.45) is 5.92 Å². The van der Waals surface area contributed by atoms with Crippen molar-refractivity contribution >= 4 is 5.69 Å². The highest BCUT2D eigenvalue weighted by molar-refractivity contribution is 5.71. The maximum absolute atomic E-state index is 4.12. The van der Waals surface area contributed by atoms with E-state index in [1.165, 1.54) is 61.8 Å². The fourth-order valence-electron chi connectivity index (χ4n) is 6.41. The predicted octanol–water partition coefficient (Wildman–Crippen LogP) is 5.93. The van der Waals surface area contributed by atoms with E-state index < -0.39 is 0 Å². The van der Waals surface area contributed by atoms with Crippen LogP contribution < -0.4 is 5.32 Å². The van der Waals surface area contributed by atoms with Crippen LogP contribution in [0.2, 0.25) is 0 Å². The molecule has 1 spiro atoms. The van der Waals surface area contributed by atoms with Gasteiger partial charge in [0.15, 0.2) is 0 Å². The van der Waals surface area contributed by atoms with E-state index in [-0.39, 0.29) is 5.54 Å². The van der Waals surface area contributed by atoms with Crippen molar-refractivity contribution < 1.29 is 0 Å². The first-order valence-electron chi connectivity index (χ1n) is 9.72. The molecular formula is C23H27N. The highest BCUT2D eigenvalue weighted by Gasteiger charge is 2.63. The monoisotopic (exact) mass is 317 g/mol. The van der Waals surface area contributed by atoms with Gasteiger partial charge in [-0.15, -0.1) is 0 Å². The van der Waals surface area contributed by atoms with E-state index in [4.69, 9.17) is 0 Å². The van der Waals surface area contributed by atoms with Crippen LogP contribution in [0, 0.1) is 12.8 Å². The second kappa shape index (κ2) is 5.12. The molecule has 1 heteroatoms. The van der Waals surface area contributed by atoms with Crippen molar-refractivity contribution in [1.82, 2.24) is 0 Å². The first-order valence-corrected chi connectivity index (χ1v) is 9.72. The van der Waals surface area contributed by atoms with Crippen LogP contribution in [0.25, 0.3) is 0 Å². The average Bonchev–Trinajstić information content (AvgIpc) is 2.94. The molecule has 5 rings (SSSR count). The molecule has 0 unspecified atom stereocenters. The highest BCUT2D eigenvalue weighted by Crippen LogP contribution is 2.66. The lowest BCUT2D eigenvalue weighted by Crippen LogP contribution is -2.57. The van der Waals surface area contributed by atoms with Gasteiger partial charge in [-0.2, -0.15) is 0 Å². The number of rotatable bonds is 1. The van der Waals surface area contributed by atoms with E-state index in [9.17, 15) is 0 Å². The lowest BCUT2D eigenvalue weighted by Gasteiger charge is -2.57. The van der Waals surface area contributed by atoms with Gasteiger partial charge < -0.3 is 5.32 Å². The fourth-order valence-corrected chi connectivity index (χ4v) is 6.41. The molecule has 124 valence electrons. The number of hydrogen-bond acceptors (Lipinski definition) is 1. The summed E-state index contributed by atoms with van der Waals surface area (Å²) in [7, 11) is 0. The van der Waals surface area contributed by atoms with Gasteiger partial charge in [0.05, 0.1) is 5.54 Å². The number of fused-ring (bicyclic) bond motifs is 1. The summed E-state index contributed by atoms with van der Waals surface area (Å²) in [5, 5.41) is 4.12. The Bertz CT molecular complexity index is 763. The Hall–Kier alpha value is -1.76. The van der Waals surface area contributed by atoms with Crippen LogP contribution in [0.1, 0.15) is 61.6 Å². The second-order valence-electron chi connectivity index (χ2n) is 8.20. The van der Waals surface area contributed by atoms with Crippen molar-refractivity contribution in [3.05, 3.63) is 65.2 Å². The molecule has 1 aliphatic heterocycles. The van der Waals surface area contributed by atoms with Gasteiger partial charge in [0.2, 0.25) is 0 Å². The van der Waals surface area contributed by atoms with Gasteiger partial charge in [0.1, 0.15) is 0 Å². The van der Waals surface area contributed by atoms with Crippen LogP contribution in [0.3, 0.4) is 0 Å². The summed E-state index contributed by atoms with van der Waals surface area (Å²) in [6.07, 6.45) is 9.56. The molecule has 2 aromatic rings. The van der Waals surface area contributed by atoms with Gasteiger partial charge >= 0.3 is 0 Å². The first kappa shape index (κ1) is 14.6. The van der Waals surface area contributed by atoms with E-state index in [1.807, 2.05) is 0 Å². The van der Waals surface area contributed by atoms with Crippen LogP contribution >= 0.6 is 0 Å². The Morgan fingerprint density at radius 1 is 0.875 bits per heavy atom. The van der Waals surface area contributed by atoms with E-state index in [0.717, 1.165) is 5.92 Å². The summed E-state index contributed by atoms with van der Waals surface area (Å²) >= 11 is 0. The van der Waals surface area contributed by atoms with Crippen LogP contribution in [0.5, 0.6) is 0 Å². The Balaban J connectivity index is 1.81. The standard InChI is InChI=1S/C23H27N/c1-17-9-7-14-20-21(17)24-23(19-11-3-2-4-12-19)16-8-13-18-10-5-6-15-22(18,20)23/h2-4,7,9,11-12,14,18,24H,5-6,8,10,13,15-16H2,1H3/t18-,22+,23-/m1/s1. The van der Waals surface area contributed by atoms with Gasteiger partial charge in [0, 0.05) is 11.1 Å². The zero-order valence-corrected chi connectivity index (χ0v) is 14.6. The Kier molecular flexibility index (Phi) is 3.11. The van der Waals surface area contributed by atoms with Gasteiger partial charge in [-0.05, 0) is 55.2 Å². The van der Waals surface area contributed by atoms with Crippen LogP contribution in [-0.4, -0.2) is 0 Å². The van der Waals surface area contributed by atoms with Crippen molar-refractivity contribution in [3.63, 3.8) is 0 Å². The molecule has 2 aromatic carbocycles. The molecule has 1 heterocycles. The summed E-state index contributed by atoms with van der Waals surface area (Å²) in [4.78, 5) is 0. The Labute approximate surface area is 145 Å². The predicted molar refractivity (Wildman–Crippen MR) is 100 cm³/mol. The Morgan fingerprint density at radius 2 is 1.71 bits per heavy atom. The number of anilines is 1. The van der Waals surface area contributed by atoms with E-state index in [0.29, 0.717) is 5.41 Å². The molecule has 24 heavy (non-hydrogen) atoms. The number of nitrogens with one attached hydrogen (secondary N) is 1. The van der Waals surface area contributed by atoms with Crippen LogP contribution in [0.4, 0.5) is 5.69 Å². The number of hydrogen-bond donors (Lipinski definition) is 1. The molecule has 3 atom stereocenters. The molecule has 3 aliphatic rings. The third-order valence-corrected chi connectivity index (χ3v) is 7.29. The molecular weight excluding hydrogens is 290 g/mol. The van der Waals surface area contributed by atoms with E-state index in [1.54, 1.807) is 5.56 Å². The molecule has 1 nitrogen and oxygen atoms in total. The summed E-state index contributed by atoms with van der Waals surface area (Å²) in [6.45, 7) is 2.27. The minimum Gasteiger partial charge on any atom is -0.374 e. The molecule has 2 saturated carbocycles. The number of aryl methyl sites for hydroxylation is 1. The maximum Gasteiger partial charge on any atom is 0.0725 e. The third-order valence-electron chi connectivity index (χ3n) is 7.29. The van der Waals surface area contributed by atoms with E-state index in [2.05, 4.69) is 60.8 Å². The highest BCUT2D eigenvalue weighted by atomic mass is 15.1. The van der Waals surface area contributed by atoms with Crippen LogP contribution in [0.15, 0.2) is 48.5 Å². The maximum atomic E-state index is 4.12. The minimum absolute atomic E-state index is 0.103. The van der Waals surface area contributed by atoms with E-state index >= 15 is 0 Å². The van der Waals surface area contributed by atoms with Crippen LogP contribution in [-0.2, 0) is 11.0 Å². The van der Waals surface area contributed by atoms with Crippen molar-refractivity contribution in [3.8, 4) is 0 Å². The van der Waals surface area contributed by atoms with Gasteiger partial charge in [-0.3, -0.25) is 0 Å². The van der Waals surface area contributed by atoms with Gasteiger partial charge in [-0.25, -0.2) is 0 Å². The van der Waals surface area contributed by atoms with Gasteiger partial charge in [-0.1, -0.05) is 67.8 Å². The topological polar surface area (TPSA) is 12.0 Å². The van der Waals surface area contributed by atoms with Crippen molar-refractivity contribution in [2.45, 2.75) is 62.8 Å². The first-order chi connectivity index (χ1) is 11.8. The quantitative estimate of drug-likeness (QED) is 0.687. The molecule has 0 bridgehead atoms. The zero-order valence-electron chi connectivity index (χ0n) is 14.6. The van der Waals surface area contributed by atoms with Gasteiger partial charge in [0.25, 0.3) is 0 Å². The summed E-state index contributed by atoms with van der Waals surface area (Å²) < 4.78 is 0. The van der Waals surface area contributed by atoms with Crippen molar-refractivity contribution in [1.29, 1.82) is 0 Å². The summed E-state index contributed by atoms with van der Waals surface area (Å²) in [5.41, 5.74) is 6.38. The van der Waals surface area contributed by atoms with Crippen molar-refractivity contribution in [2.75, 3.05) is 5.32 Å². The summed E-state index contributed by atoms with van der Waals surface area (Å²) in [6, 6.07) is 18.3. The fraction of sp³-hybridized carbons (Fsp3) is 0.478. The number of para-hydroxylation sites is 1. The lowest BCUT2D eigenvalue weighted by molar-refractivity contribution is 0.0565. The smallest absolute Gasteiger partial charge is 0.0725 e. The largest absolute Gasteiger partial charge is 0.374 e. The lowest BCUT2D eigenvalue weighted by atomic mass is 9.48. The molecule has 0 aromatic heterocycles. The minimum atomic E-state index is 0.103. The molecule has 0 saturated heterocycles. The third kappa shape index (κ3) is 1.66. The normalized spacial score (nSPS) is 34.0.